The second kappa shape index (κ2) is 6.38. The van der Waals surface area contributed by atoms with E-state index in [1.165, 1.54) is 7.11 Å². The molecule has 0 fully saturated rings. The van der Waals surface area contributed by atoms with Crippen LogP contribution in [0, 0.1) is 11.6 Å². The van der Waals surface area contributed by atoms with Crippen LogP contribution in [0.25, 0.3) is 0 Å². The van der Waals surface area contributed by atoms with Crippen molar-refractivity contribution in [3.63, 3.8) is 0 Å². The zero-order chi connectivity index (χ0) is 17.3. The van der Waals surface area contributed by atoms with Crippen molar-refractivity contribution in [3.05, 3.63) is 50.9 Å². The fraction of sp³-hybridized carbons (Fsp3) is 0.312. The van der Waals surface area contributed by atoms with Crippen molar-refractivity contribution in [1.82, 2.24) is 9.97 Å². The number of halogens is 2. The summed E-state index contributed by atoms with van der Waals surface area (Å²) in [5.74, 6) is -3.33. The molecule has 1 amide bonds. The van der Waals surface area contributed by atoms with Crippen LogP contribution in [-0.2, 0) is 12.8 Å². The van der Waals surface area contributed by atoms with Gasteiger partial charge in [0.15, 0.2) is 0 Å². The highest BCUT2D eigenvalue weighted by Gasteiger charge is 2.21. The Morgan fingerprint density at radius 2 is 1.92 bits per heavy atom. The molecule has 24 heavy (non-hydrogen) atoms. The van der Waals surface area contributed by atoms with Gasteiger partial charge in [-0.25, -0.2) is 13.8 Å². The first kappa shape index (κ1) is 16.1. The number of H-pyrrole nitrogens is 1. The van der Waals surface area contributed by atoms with Gasteiger partial charge in [0.1, 0.15) is 22.9 Å². The largest absolute Gasteiger partial charge is 0.497 e. The minimum Gasteiger partial charge on any atom is -0.497 e. The topological polar surface area (TPSA) is 84.1 Å². The number of benzene rings is 1. The molecule has 3 rings (SSSR count). The zero-order valence-electron chi connectivity index (χ0n) is 12.9. The number of carbonyl (C=O) groups is 1. The highest BCUT2D eigenvalue weighted by atomic mass is 19.1. The first-order valence-electron chi connectivity index (χ1n) is 7.46. The van der Waals surface area contributed by atoms with Gasteiger partial charge in [0.05, 0.1) is 12.8 Å². The number of fused-ring (bicyclic) bond motifs is 1. The van der Waals surface area contributed by atoms with Crippen LogP contribution in [0.5, 0.6) is 5.75 Å². The highest BCUT2D eigenvalue weighted by molar-refractivity contribution is 6.03. The molecule has 0 unspecified atom stereocenters. The van der Waals surface area contributed by atoms with E-state index in [4.69, 9.17) is 4.74 Å². The van der Waals surface area contributed by atoms with E-state index in [0.29, 0.717) is 24.1 Å². The van der Waals surface area contributed by atoms with E-state index in [2.05, 4.69) is 15.3 Å². The van der Waals surface area contributed by atoms with Gasteiger partial charge < -0.3 is 4.74 Å². The number of hydrogen-bond acceptors (Lipinski definition) is 4. The van der Waals surface area contributed by atoms with Gasteiger partial charge in [0.25, 0.3) is 11.5 Å². The number of rotatable bonds is 3. The molecule has 1 heterocycles. The molecule has 0 spiro atoms. The SMILES string of the molecule is COc1cc(F)c(C(=O)Nc2nc3c(c(=O)[nH]2)CCCC3)c(F)c1. The van der Waals surface area contributed by atoms with Gasteiger partial charge in [-0.1, -0.05) is 0 Å². The number of aromatic nitrogens is 2. The van der Waals surface area contributed by atoms with Gasteiger partial charge in [0.2, 0.25) is 5.95 Å². The number of amides is 1. The van der Waals surface area contributed by atoms with Crippen LogP contribution in [0.15, 0.2) is 16.9 Å². The highest BCUT2D eigenvalue weighted by Crippen LogP contribution is 2.21. The third-order valence-corrected chi connectivity index (χ3v) is 3.90. The van der Waals surface area contributed by atoms with E-state index in [9.17, 15) is 18.4 Å². The van der Waals surface area contributed by atoms with Crippen molar-refractivity contribution in [2.45, 2.75) is 25.7 Å². The maximum atomic E-state index is 13.9. The third-order valence-electron chi connectivity index (χ3n) is 3.90. The summed E-state index contributed by atoms with van der Waals surface area (Å²) in [5, 5.41) is 2.24. The molecule has 0 saturated heterocycles. The number of aromatic amines is 1. The molecule has 6 nitrogen and oxygen atoms in total. The lowest BCUT2D eigenvalue weighted by Crippen LogP contribution is -2.25. The third kappa shape index (κ3) is 2.99. The Morgan fingerprint density at radius 1 is 1.25 bits per heavy atom. The van der Waals surface area contributed by atoms with Gasteiger partial charge in [-0.15, -0.1) is 0 Å². The van der Waals surface area contributed by atoms with Gasteiger partial charge >= 0.3 is 0 Å². The molecule has 0 aliphatic heterocycles. The Bertz CT molecular complexity index is 841. The van der Waals surface area contributed by atoms with Crippen LogP contribution in [0.3, 0.4) is 0 Å². The molecule has 8 heteroatoms. The lowest BCUT2D eigenvalue weighted by Gasteiger charge is -2.15. The molecule has 2 aromatic rings. The molecular weight excluding hydrogens is 320 g/mol. The Hall–Kier alpha value is -2.77. The average molecular weight is 335 g/mol. The summed E-state index contributed by atoms with van der Waals surface area (Å²) < 4.78 is 32.6. The van der Waals surface area contributed by atoms with E-state index in [1.807, 2.05) is 0 Å². The van der Waals surface area contributed by atoms with Crippen LogP contribution >= 0.6 is 0 Å². The first-order valence-corrected chi connectivity index (χ1v) is 7.46. The number of hydrogen-bond donors (Lipinski definition) is 2. The van der Waals surface area contributed by atoms with Crippen LogP contribution in [-0.4, -0.2) is 23.0 Å². The molecule has 1 aliphatic carbocycles. The minimum absolute atomic E-state index is 0.0399. The molecule has 0 saturated carbocycles. The van der Waals surface area contributed by atoms with Crippen molar-refractivity contribution in [2.24, 2.45) is 0 Å². The predicted octanol–water partition coefficient (Wildman–Crippen LogP) is 2.19. The van der Waals surface area contributed by atoms with Crippen molar-refractivity contribution >= 4 is 11.9 Å². The summed E-state index contributed by atoms with van der Waals surface area (Å²) in [7, 11) is 1.26. The zero-order valence-corrected chi connectivity index (χ0v) is 12.9. The number of carbonyl (C=O) groups excluding carboxylic acids is 1. The Morgan fingerprint density at radius 3 is 2.58 bits per heavy atom. The maximum Gasteiger partial charge on any atom is 0.263 e. The number of nitrogens with zero attached hydrogens (tertiary/aromatic N) is 1. The van der Waals surface area contributed by atoms with Crippen LogP contribution in [0.1, 0.15) is 34.5 Å². The van der Waals surface area contributed by atoms with Crippen LogP contribution in [0.4, 0.5) is 14.7 Å². The average Bonchev–Trinajstić information content (AvgIpc) is 2.54. The second-order valence-corrected chi connectivity index (χ2v) is 5.47. The van der Waals surface area contributed by atoms with Gasteiger partial charge in [-0.2, -0.15) is 0 Å². The molecule has 1 aromatic carbocycles. The van der Waals surface area contributed by atoms with E-state index >= 15 is 0 Å². The second-order valence-electron chi connectivity index (χ2n) is 5.47. The molecule has 0 atom stereocenters. The lowest BCUT2D eigenvalue weighted by molar-refractivity contribution is 0.101. The van der Waals surface area contributed by atoms with Gasteiger partial charge in [0, 0.05) is 17.7 Å². The van der Waals surface area contributed by atoms with Gasteiger partial charge in [-0.05, 0) is 25.7 Å². The normalized spacial score (nSPS) is 13.3. The predicted molar refractivity (Wildman–Crippen MR) is 82.4 cm³/mol. The van der Waals surface area contributed by atoms with Crippen LogP contribution < -0.4 is 15.6 Å². The maximum absolute atomic E-state index is 13.9. The molecule has 126 valence electrons. The molecule has 0 bridgehead atoms. The first-order chi connectivity index (χ1) is 11.5. The number of methoxy groups -OCH3 is 1. The standard InChI is InChI=1S/C16H15F2N3O3/c1-24-8-6-10(17)13(11(18)7-8)15(23)21-16-19-12-5-3-2-4-9(12)14(22)20-16/h6-7H,2-5H2,1H3,(H2,19,20,21,22,23). The van der Waals surface area contributed by atoms with Crippen molar-refractivity contribution in [2.75, 3.05) is 12.4 Å². The lowest BCUT2D eigenvalue weighted by atomic mass is 9.97. The van der Waals surface area contributed by atoms with E-state index in [1.54, 1.807) is 0 Å². The Kier molecular flexibility index (Phi) is 4.28. The summed E-state index contributed by atoms with van der Waals surface area (Å²) in [5.41, 5.74) is 0.0962. The van der Waals surface area contributed by atoms with Gasteiger partial charge in [-0.3, -0.25) is 19.9 Å². The molecule has 1 aromatic heterocycles. The van der Waals surface area contributed by atoms with E-state index < -0.39 is 23.1 Å². The Balaban J connectivity index is 1.91. The van der Waals surface area contributed by atoms with Crippen LogP contribution in [0.2, 0.25) is 0 Å². The number of nitrogens with one attached hydrogen (secondary N) is 2. The molecule has 1 aliphatic rings. The summed E-state index contributed by atoms with van der Waals surface area (Å²) in [6.45, 7) is 0. The molecule has 2 N–H and O–H groups in total. The molecule has 0 radical (unpaired) electrons. The minimum atomic E-state index is -1.07. The monoisotopic (exact) mass is 335 g/mol. The summed E-state index contributed by atoms with van der Waals surface area (Å²) >= 11 is 0. The Labute approximate surface area is 135 Å². The quantitative estimate of drug-likeness (QED) is 0.900. The fourth-order valence-corrected chi connectivity index (χ4v) is 2.72. The summed E-state index contributed by atoms with van der Waals surface area (Å²) in [6, 6.07) is 1.81. The van der Waals surface area contributed by atoms with E-state index in [0.717, 1.165) is 25.0 Å². The van der Waals surface area contributed by atoms with Crippen molar-refractivity contribution in [3.8, 4) is 5.75 Å². The summed E-state index contributed by atoms with van der Waals surface area (Å²) in [6.07, 6.45) is 3.07. The van der Waals surface area contributed by atoms with Crippen molar-refractivity contribution < 1.29 is 18.3 Å². The number of aryl methyl sites for hydroxylation is 1. The number of ether oxygens (including phenoxy) is 1. The summed E-state index contributed by atoms with van der Waals surface area (Å²) in [4.78, 5) is 30.8. The number of anilines is 1. The smallest absolute Gasteiger partial charge is 0.263 e. The van der Waals surface area contributed by atoms with Crippen molar-refractivity contribution in [1.29, 1.82) is 0 Å². The van der Waals surface area contributed by atoms with E-state index in [-0.39, 0.29) is 17.3 Å². The fourth-order valence-electron chi connectivity index (χ4n) is 2.72. The molecular formula is C16H15F2N3O3.